The highest BCUT2D eigenvalue weighted by molar-refractivity contribution is 5.30. The van der Waals surface area contributed by atoms with Crippen molar-refractivity contribution in [3.05, 3.63) is 29.8 Å². The molecule has 1 atom stereocenters. The summed E-state index contributed by atoms with van der Waals surface area (Å²) in [5.41, 5.74) is 6.38. The molecular weight excluding hydrogens is 235 g/mol. The Hall–Kier alpha value is -1.27. The van der Waals surface area contributed by atoms with Gasteiger partial charge in [0.25, 0.3) is 0 Å². The predicted molar refractivity (Wildman–Crippen MR) is 56.5 cm³/mol. The fourth-order valence-electron chi connectivity index (χ4n) is 1.35. The number of nitrogens with two attached hydrogens (primary N) is 1. The van der Waals surface area contributed by atoms with E-state index in [0.29, 0.717) is 18.6 Å². The van der Waals surface area contributed by atoms with Crippen molar-refractivity contribution in [2.24, 2.45) is 5.73 Å². The lowest BCUT2D eigenvalue weighted by Crippen LogP contribution is -2.18. The van der Waals surface area contributed by atoms with Gasteiger partial charge in [0.2, 0.25) is 0 Å². The van der Waals surface area contributed by atoms with E-state index < -0.39 is 6.36 Å². The smallest absolute Gasteiger partial charge is 0.406 e. The molecule has 17 heavy (non-hydrogen) atoms. The number of halogens is 3. The molecule has 1 unspecified atom stereocenters. The maximum atomic E-state index is 12.0. The van der Waals surface area contributed by atoms with E-state index >= 15 is 0 Å². The van der Waals surface area contributed by atoms with Gasteiger partial charge >= 0.3 is 6.36 Å². The molecule has 1 aromatic rings. The highest BCUT2D eigenvalue weighted by Gasteiger charge is 2.31. The highest BCUT2D eigenvalue weighted by atomic mass is 19.4. The second kappa shape index (κ2) is 5.88. The lowest BCUT2D eigenvalue weighted by molar-refractivity contribution is -0.274. The summed E-state index contributed by atoms with van der Waals surface area (Å²) in [5.74, 6) is -0.261. The zero-order valence-corrected chi connectivity index (χ0v) is 9.33. The molecule has 96 valence electrons. The number of benzene rings is 1. The van der Waals surface area contributed by atoms with E-state index in [-0.39, 0.29) is 11.8 Å². The third-order valence-corrected chi connectivity index (χ3v) is 2.15. The van der Waals surface area contributed by atoms with Crippen LogP contribution in [-0.4, -0.2) is 20.1 Å². The average Bonchev–Trinajstić information content (AvgIpc) is 2.24. The molecular formula is C11H14F3NO2. The first-order chi connectivity index (χ1) is 7.92. The van der Waals surface area contributed by atoms with Gasteiger partial charge in [-0.25, -0.2) is 0 Å². The molecule has 0 saturated heterocycles. The summed E-state index contributed by atoms with van der Waals surface area (Å²) in [7, 11) is 1.54. The van der Waals surface area contributed by atoms with Crippen molar-refractivity contribution in [2.45, 2.75) is 18.8 Å². The van der Waals surface area contributed by atoms with E-state index in [1.807, 2.05) is 0 Å². The molecule has 3 nitrogen and oxygen atoms in total. The summed E-state index contributed by atoms with van der Waals surface area (Å²) >= 11 is 0. The maximum Gasteiger partial charge on any atom is 0.573 e. The molecule has 0 radical (unpaired) electrons. The minimum atomic E-state index is -4.69. The zero-order valence-electron chi connectivity index (χ0n) is 9.33. The second-order valence-electron chi connectivity index (χ2n) is 3.51. The Bertz CT molecular complexity index is 355. The molecule has 1 rings (SSSR count). The average molecular weight is 249 g/mol. The van der Waals surface area contributed by atoms with Gasteiger partial charge in [-0.2, -0.15) is 0 Å². The van der Waals surface area contributed by atoms with Gasteiger partial charge in [0, 0.05) is 19.8 Å². The molecule has 0 aromatic heterocycles. The summed E-state index contributed by atoms with van der Waals surface area (Å²) < 4.78 is 44.7. The summed E-state index contributed by atoms with van der Waals surface area (Å²) in [6, 6.07) is 5.28. The number of methoxy groups -OCH3 is 1. The number of alkyl halides is 3. The predicted octanol–water partition coefficient (Wildman–Crippen LogP) is 2.62. The first-order valence-corrected chi connectivity index (χ1v) is 5.02. The maximum absolute atomic E-state index is 12.0. The SMILES string of the molecule is COCCC(N)c1cccc(OC(F)(F)F)c1. The van der Waals surface area contributed by atoms with E-state index in [0.717, 1.165) is 0 Å². The van der Waals surface area contributed by atoms with E-state index in [9.17, 15) is 13.2 Å². The van der Waals surface area contributed by atoms with Crippen molar-refractivity contribution in [1.29, 1.82) is 0 Å². The molecule has 0 amide bonds. The fourth-order valence-corrected chi connectivity index (χ4v) is 1.35. The number of rotatable bonds is 5. The normalized spacial score (nSPS) is 13.5. The molecule has 0 saturated carbocycles. The van der Waals surface area contributed by atoms with Gasteiger partial charge in [0.1, 0.15) is 5.75 Å². The van der Waals surface area contributed by atoms with Crippen LogP contribution in [-0.2, 0) is 4.74 Å². The highest BCUT2D eigenvalue weighted by Crippen LogP contribution is 2.25. The van der Waals surface area contributed by atoms with Gasteiger partial charge in [-0.05, 0) is 24.1 Å². The Labute approximate surface area is 97.3 Å². The van der Waals surface area contributed by atoms with Gasteiger partial charge in [-0.15, -0.1) is 13.2 Å². The Kier molecular flexibility index (Phi) is 4.77. The molecule has 0 spiro atoms. The van der Waals surface area contributed by atoms with Crippen molar-refractivity contribution < 1.29 is 22.6 Å². The summed E-state index contributed by atoms with van der Waals surface area (Å²) in [4.78, 5) is 0. The summed E-state index contributed by atoms with van der Waals surface area (Å²) in [6.07, 6.45) is -4.15. The van der Waals surface area contributed by atoms with Crippen LogP contribution in [0.25, 0.3) is 0 Å². The molecule has 0 bridgehead atoms. The molecule has 0 fully saturated rings. The van der Waals surface area contributed by atoms with Gasteiger partial charge < -0.3 is 15.2 Å². The minimum absolute atomic E-state index is 0.261. The number of ether oxygens (including phenoxy) is 2. The first-order valence-electron chi connectivity index (χ1n) is 5.02. The van der Waals surface area contributed by atoms with Gasteiger partial charge in [-0.1, -0.05) is 12.1 Å². The Morgan fingerprint density at radius 2 is 2.06 bits per heavy atom. The lowest BCUT2D eigenvalue weighted by Gasteiger charge is -2.14. The van der Waals surface area contributed by atoms with E-state index in [1.54, 1.807) is 6.07 Å². The van der Waals surface area contributed by atoms with Crippen LogP contribution >= 0.6 is 0 Å². The van der Waals surface area contributed by atoms with Gasteiger partial charge in [0.05, 0.1) is 0 Å². The van der Waals surface area contributed by atoms with Crippen molar-refractivity contribution in [1.82, 2.24) is 0 Å². The summed E-state index contributed by atoms with van der Waals surface area (Å²) in [5, 5.41) is 0. The van der Waals surface area contributed by atoms with Crippen LogP contribution in [0, 0.1) is 0 Å². The minimum Gasteiger partial charge on any atom is -0.406 e. The Morgan fingerprint density at radius 1 is 1.35 bits per heavy atom. The second-order valence-corrected chi connectivity index (χ2v) is 3.51. The standard InChI is InChI=1S/C11H14F3NO2/c1-16-6-5-10(15)8-3-2-4-9(7-8)17-11(12,13)14/h2-4,7,10H,5-6,15H2,1H3. The number of hydrogen-bond donors (Lipinski definition) is 1. The first kappa shape index (κ1) is 13.8. The van der Waals surface area contributed by atoms with E-state index in [2.05, 4.69) is 4.74 Å². The van der Waals surface area contributed by atoms with Crippen LogP contribution in [0.3, 0.4) is 0 Å². The quantitative estimate of drug-likeness (QED) is 0.872. The molecule has 6 heteroatoms. The molecule has 0 aliphatic heterocycles. The third kappa shape index (κ3) is 5.06. The van der Waals surface area contributed by atoms with Gasteiger partial charge in [0.15, 0.2) is 0 Å². The molecule has 0 aliphatic carbocycles. The van der Waals surface area contributed by atoms with Crippen LogP contribution in [0.4, 0.5) is 13.2 Å². The topological polar surface area (TPSA) is 44.5 Å². The molecule has 0 heterocycles. The van der Waals surface area contributed by atoms with Crippen LogP contribution in [0.5, 0.6) is 5.75 Å². The largest absolute Gasteiger partial charge is 0.573 e. The van der Waals surface area contributed by atoms with Crippen LogP contribution < -0.4 is 10.5 Å². The third-order valence-electron chi connectivity index (χ3n) is 2.15. The van der Waals surface area contributed by atoms with E-state index in [1.165, 1.54) is 25.3 Å². The molecule has 2 N–H and O–H groups in total. The van der Waals surface area contributed by atoms with Gasteiger partial charge in [-0.3, -0.25) is 0 Å². The Morgan fingerprint density at radius 3 is 2.65 bits per heavy atom. The molecule has 1 aromatic carbocycles. The van der Waals surface area contributed by atoms with Crippen molar-refractivity contribution in [3.8, 4) is 5.75 Å². The van der Waals surface area contributed by atoms with E-state index in [4.69, 9.17) is 10.5 Å². The molecule has 0 aliphatic rings. The Balaban J connectivity index is 2.71. The summed E-state index contributed by atoms with van der Waals surface area (Å²) in [6.45, 7) is 0.450. The lowest BCUT2D eigenvalue weighted by atomic mass is 10.1. The number of hydrogen-bond acceptors (Lipinski definition) is 3. The fraction of sp³-hybridized carbons (Fsp3) is 0.455. The van der Waals surface area contributed by atoms with Crippen LogP contribution in [0.1, 0.15) is 18.0 Å². The monoisotopic (exact) mass is 249 g/mol. The van der Waals surface area contributed by atoms with Crippen molar-refractivity contribution in [3.63, 3.8) is 0 Å². The van der Waals surface area contributed by atoms with Crippen molar-refractivity contribution >= 4 is 0 Å². The zero-order chi connectivity index (χ0) is 12.9. The van der Waals surface area contributed by atoms with Crippen LogP contribution in [0.2, 0.25) is 0 Å². The van der Waals surface area contributed by atoms with Crippen molar-refractivity contribution in [2.75, 3.05) is 13.7 Å². The van der Waals surface area contributed by atoms with Crippen LogP contribution in [0.15, 0.2) is 24.3 Å².